The molecule has 2 aliphatic rings. The van der Waals surface area contributed by atoms with Crippen LogP contribution in [-0.4, -0.2) is 57.4 Å². The van der Waals surface area contributed by atoms with Crippen molar-refractivity contribution < 1.29 is 23.8 Å². The van der Waals surface area contributed by atoms with Crippen LogP contribution < -0.4 is 0 Å². The first-order valence-corrected chi connectivity index (χ1v) is 9.98. The van der Waals surface area contributed by atoms with Crippen LogP contribution in [0, 0.1) is 10.1 Å². The zero-order valence-corrected chi connectivity index (χ0v) is 16.2. The number of nitro benzene ring substituents is 1. The van der Waals surface area contributed by atoms with Crippen LogP contribution in [0.15, 0.2) is 36.7 Å². The molecule has 2 aromatic rings. The molecule has 29 heavy (non-hydrogen) atoms. The molecule has 2 fully saturated rings. The summed E-state index contributed by atoms with van der Waals surface area (Å²) in [4.78, 5) is 37.9. The summed E-state index contributed by atoms with van der Waals surface area (Å²) >= 11 is -1.50. The number of hydrogen-bond acceptors (Lipinski definition) is 8. The molecule has 2 aliphatic heterocycles. The number of rotatable bonds is 6. The first-order valence-electron chi connectivity index (χ1n) is 8.77. The average Bonchev–Trinajstić information content (AvgIpc) is 3.25. The maximum Gasteiger partial charge on any atom is 0.335 e. The molecule has 1 amide bonds. The fraction of sp³-hybridized carbons (Fsp3) is 0.412. The fourth-order valence-electron chi connectivity index (χ4n) is 3.67. The van der Waals surface area contributed by atoms with Gasteiger partial charge in [-0.15, -0.1) is 0 Å². The Labute approximate surface area is 168 Å². The number of β-lactam (4-membered cyclic amide) rings is 1. The largest absolute Gasteiger partial charge is 0.614 e. The lowest BCUT2D eigenvalue weighted by atomic mass is 9.96. The zero-order chi connectivity index (χ0) is 20.8. The Bertz CT molecular complexity index is 952. The number of aromatic nitrogens is 3. The molecular weight excluding hydrogens is 402 g/mol. The van der Waals surface area contributed by atoms with Crippen molar-refractivity contribution in [2.24, 2.45) is 0 Å². The third-order valence-electron chi connectivity index (χ3n) is 5.18. The second kappa shape index (κ2) is 7.12. The molecule has 1 aromatic carbocycles. The number of benzene rings is 1. The molecule has 3 heterocycles. The highest BCUT2D eigenvalue weighted by atomic mass is 32.2. The van der Waals surface area contributed by atoms with E-state index in [-0.39, 0.29) is 31.2 Å². The smallest absolute Gasteiger partial charge is 0.335 e. The summed E-state index contributed by atoms with van der Waals surface area (Å²) in [6.07, 6.45) is 3.08. The van der Waals surface area contributed by atoms with Gasteiger partial charge in [-0.25, -0.2) is 4.79 Å². The lowest BCUT2D eigenvalue weighted by Gasteiger charge is -2.33. The van der Waals surface area contributed by atoms with E-state index < -0.39 is 38.2 Å². The molecule has 0 saturated carbocycles. The van der Waals surface area contributed by atoms with Crippen molar-refractivity contribution in [3.63, 3.8) is 0 Å². The van der Waals surface area contributed by atoms with Crippen molar-refractivity contribution in [2.45, 2.75) is 42.7 Å². The minimum atomic E-state index is -1.50. The van der Waals surface area contributed by atoms with Gasteiger partial charge in [0.15, 0.2) is 10.8 Å². The molecule has 152 valence electrons. The first kappa shape index (κ1) is 19.3. The number of fused-ring (bicyclic) bond motifs is 1. The number of nitro groups is 1. The van der Waals surface area contributed by atoms with Crippen LogP contribution in [0.2, 0.25) is 0 Å². The highest BCUT2D eigenvalue weighted by Gasteiger charge is 2.70. The summed E-state index contributed by atoms with van der Waals surface area (Å²) in [5.41, 5.74) is 0.490. The number of esters is 1. The number of nitrogens with zero attached hydrogens (tertiary/aromatic N) is 5. The van der Waals surface area contributed by atoms with E-state index in [1.807, 2.05) is 0 Å². The van der Waals surface area contributed by atoms with Crippen molar-refractivity contribution in [2.75, 3.05) is 0 Å². The summed E-state index contributed by atoms with van der Waals surface area (Å²) in [6.45, 7) is 1.63. The van der Waals surface area contributed by atoms with Gasteiger partial charge in [0.1, 0.15) is 13.2 Å². The van der Waals surface area contributed by atoms with E-state index in [9.17, 15) is 24.3 Å². The van der Waals surface area contributed by atoms with Gasteiger partial charge in [-0.2, -0.15) is 15.0 Å². The Hall–Kier alpha value is -2.99. The lowest BCUT2D eigenvalue weighted by Crippen LogP contribution is -2.58. The first-order chi connectivity index (χ1) is 13.8. The monoisotopic (exact) mass is 419 g/mol. The van der Waals surface area contributed by atoms with Crippen LogP contribution in [0.25, 0.3) is 0 Å². The molecule has 0 spiro atoms. The number of non-ortho nitro benzene ring substituents is 1. The van der Waals surface area contributed by atoms with E-state index in [0.29, 0.717) is 5.56 Å². The van der Waals surface area contributed by atoms with E-state index in [4.69, 9.17) is 4.74 Å². The summed E-state index contributed by atoms with van der Waals surface area (Å²) < 4.78 is 17.3. The molecule has 1 aromatic heterocycles. The molecule has 0 aliphatic carbocycles. The molecule has 12 heteroatoms. The minimum Gasteiger partial charge on any atom is -0.614 e. The fourth-order valence-corrected chi connectivity index (χ4v) is 5.71. The van der Waals surface area contributed by atoms with E-state index in [2.05, 4.69) is 10.2 Å². The predicted octanol–water partition coefficient (Wildman–Crippen LogP) is 0.378. The van der Waals surface area contributed by atoms with Crippen molar-refractivity contribution in [3.05, 3.63) is 52.3 Å². The molecule has 4 rings (SSSR count). The maximum absolute atomic E-state index is 13.0. The molecule has 2 saturated heterocycles. The number of carbonyl (C=O) groups is 2. The van der Waals surface area contributed by atoms with Gasteiger partial charge in [0.25, 0.3) is 5.69 Å². The second-order valence-corrected chi connectivity index (χ2v) is 9.13. The number of hydrogen-bond donors (Lipinski definition) is 0. The van der Waals surface area contributed by atoms with Gasteiger partial charge in [0.05, 0.1) is 23.7 Å². The summed E-state index contributed by atoms with van der Waals surface area (Å²) in [5.74, 6) is -0.931. The molecular formula is C17H17N5O6S. The van der Waals surface area contributed by atoms with Crippen molar-refractivity contribution in [3.8, 4) is 0 Å². The van der Waals surface area contributed by atoms with Gasteiger partial charge in [0, 0.05) is 12.1 Å². The van der Waals surface area contributed by atoms with Crippen molar-refractivity contribution >= 4 is 28.7 Å². The molecule has 0 N–H and O–H groups in total. The van der Waals surface area contributed by atoms with E-state index in [1.165, 1.54) is 46.4 Å². The summed E-state index contributed by atoms with van der Waals surface area (Å²) in [5, 5.41) is 18.2. The third-order valence-corrected chi connectivity index (χ3v) is 7.34. The maximum atomic E-state index is 13.0. The van der Waals surface area contributed by atoms with Gasteiger partial charge in [-0.1, -0.05) is 0 Å². The normalized spacial score (nSPS) is 28.0. The quantitative estimate of drug-likeness (QED) is 0.215. The Morgan fingerprint density at radius 1 is 1.34 bits per heavy atom. The van der Waals surface area contributed by atoms with E-state index in [0.717, 1.165) is 0 Å². The van der Waals surface area contributed by atoms with Crippen LogP contribution in [0.5, 0.6) is 0 Å². The number of amides is 1. The second-order valence-electron chi connectivity index (χ2n) is 7.06. The summed E-state index contributed by atoms with van der Waals surface area (Å²) in [6, 6.07) is 4.58. The number of carbonyl (C=O) groups excluding carboxylic acids is 2. The van der Waals surface area contributed by atoms with Crippen LogP contribution in [0.1, 0.15) is 18.9 Å². The van der Waals surface area contributed by atoms with Gasteiger partial charge in [-0.05, 0) is 35.8 Å². The molecule has 11 nitrogen and oxygen atoms in total. The summed E-state index contributed by atoms with van der Waals surface area (Å²) in [7, 11) is 0. The molecule has 4 atom stereocenters. The van der Waals surface area contributed by atoms with Gasteiger partial charge in [0.2, 0.25) is 11.3 Å². The van der Waals surface area contributed by atoms with E-state index >= 15 is 0 Å². The van der Waals surface area contributed by atoms with Crippen LogP contribution in [-0.2, 0) is 38.7 Å². The van der Waals surface area contributed by atoms with Gasteiger partial charge < -0.3 is 9.29 Å². The SMILES string of the molecule is C[C@]1(Cn2nccn2)[C@H](C(=O)OCc2ccc([N+](=O)[O-])cc2)N2C(=O)C[C@H]2[S+]1[O-]. The van der Waals surface area contributed by atoms with Crippen LogP contribution >= 0.6 is 0 Å². The Kier molecular flexibility index (Phi) is 4.74. The zero-order valence-electron chi connectivity index (χ0n) is 15.3. The molecule has 0 bridgehead atoms. The van der Waals surface area contributed by atoms with Crippen molar-refractivity contribution in [1.29, 1.82) is 0 Å². The van der Waals surface area contributed by atoms with Crippen LogP contribution in [0.3, 0.4) is 0 Å². The van der Waals surface area contributed by atoms with E-state index in [1.54, 1.807) is 6.92 Å². The Morgan fingerprint density at radius 3 is 2.59 bits per heavy atom. The third kappa shape index (κ3) is 3.23. The molecule has 1 unspecified atom stereocenters. The average molecular weight is 419 g/mol. The standard InChI is InChI=1S/C17H17N5O6S/c1-17(10-20-18-6-7-19-20)15(21-13(23)8-14(21)29(17)27)16(24)28-9-11-2-4-12(5-3-11)22(25)26/h2-7,14-15H,8-10H2,1H3/t14-,15+,17+,29?/m1/s1. The Morgan fingerprint density at radius 2 is 2.00 bits per heavy atom. The highest BCUT2D eigenvalue weighted by Crippen LogP contribution is 2.47. The topological polar surface area (TPSA) is 144 Å². The Balaban J connectivity index is 1.52. The van der Waals surface area contributed by atoms with Crippen LogP contribution in [0.4, 0.5) is 5.69 Å². The predicted molar refractivity (Wildman–Crippen MR) is 98.5 cm³/mol. The van der Waals surface area contributed by atoms with Gasteiger partial charge in [-0.3, -0.25) is 19.8 Å². The van der Waals surface area contributed by atoms with Gasteiger partial charge >= 0.3 is 5.97 Å². The number of ether oxygens (including phenoxy) is 1. The highest BCUT2D eigenvalue weighted by molar-refractivity contribution is 7.93. The van der Waals surface area contributed by atoms with Crippen molar-refractivity contribution in [1.82, 2.24) is 19.9 Å². The molecule has 0 radical (unpaired) electrons. The minimum absolute atomic E-state index is 0.0698. The lowest BCUT2D eigenvalue weighted by molar-refractivity contribution is -0.384.